The van der Waals surface area contributed by atoms with Crippen LogP contribution in [0.1, 0.15) is 32.6 Å². The van der Waals surface area contributed by atoms with Crippen molar-refractivity contribution < 1.29 is 8.42 Å². The van der Waals surface area contributed by atoms with Gasteiger partial charge in [-0.25, -0.2) is 8.42 Å². The number of hydrogen-bond acceptors (Lipinski definition) is 4. The lowest BCUT2D eigenvalue weighted by atomic mass is 9.94. The molecule has 1 aromatic rings. The van der Waals surface area contributed by atoms with Gasteiger partial charge in [-0.05, 0) is 18.8 Å². The number of piperidine rings is 1. The average molecular weight is 286 g/mol. The monoisotopic (exact) mass is 286 g/mol. The van der Waals surface area contributed by atoms with E-state index >= 15 is 0 Å². The first kappa shape index (κ1) is 14.3. The molecule has 0 aliphatic carbocycles. The SMILES string of the molecule is CCCC1CCN(S(=O)(=O)c2cn(C)nc2N)CC1. The largest absolute Gasteiger partial charge is 0.381 e. The highest BCUT2D eigenvalue weighted by Gasteiger charge is 2.31. The second-order valence-electron chi connectivity index (χ2n) is 5.19. The summed E-state index contributed by atoms with van der Waals surface area (Å²) in [5.41, 5.74) is 5.67. The van der Waals surface area contributed by atoms with E-state index in [1.54, 1.807) is 7.05 Å². The summed E-state index contributed by atoms with van der Waals surface area (Å²) in [5, 5.41) is 3.91. The maximum atomic E-state index is 12.5. The highest BCUT2D eigenvalue weighted by Crippen LogP contribution is 2.27. The molecule has 0 spiro atoms. The summed E-state index contributed by atoms with van der Waals surface area (Å²) >= 11 is 0. The molecule has 6 nitrogen and oxygen atoms in total. The molecule has 0 amide bonds. The molecule has 19 heavy (non-hydrogen) atoms. The fourth-order valence-electron chi connectivity index (χ4n) is 2.67. The van der Waals surface area contributed by atoms with Gasteiger partial charge < -0.3 is 5.73 Å². The maximum absolute atomic E-state index is 12.5. The fraction of sp³-hybridized carbons (Fsp3) is 0.750. The van der Waals surface area contributed by atoms with Crippen molar-refractivity contribution in [3.8, 4) is 0 Å². The highest BCUT2D eigenvalue weighted by molar-refractivity contribution is 7.89. The Hall–Kier alpha value is -1.08. The number of aromatic nitrogens is 2. The van der Waals surface area contributed by atoms with Crippen LogP contribution in [0, 0.1) is 5.92 Å². The van der Waals surface area contributed by atoms with Crippen LogP contribution in [0.4, 0.5) is 5.82 Å². The van der Waals surface area contributed by atoms with Crippen molar-refractivity contribution in [1.82, 2.24) is 14.1 Å². The molecular weight excluding hydrogens is 264 g/mol. The number of anilines is 1. The Morgan fingerprint density at radius 3 is 2.53 bits per heavy atom. The second-order valence-corrected chi connectivity index (χ2v) is 7.09. The van der Waals surface area contributed by atoms with Crippen LogP contribution >= 0.6 is 0 Å². The molecule has 2 N–H and O–H groups in total. The number of nitrogens with two attached hydrogens (primary N) is 1. The molecule has 1 aliphatic rings. The molecule has 0 unspecified atom stereocenters. The number of nitrogens with zero attached hydrogens (tertiary/aromatic N) is 3. The molecule has 0 atom stereocenters. The first-order chi connectivity index (χ1) is 8.95. The molecule has 0 radical (unpaired) electrons. The molecule has 108 valence electrons. The average Bonchev–Trinajstić information content (AvgIpc) is 2.70. The van der Waals surface area contributed by atoms with Gasteiger partial charge in [0.25, 0.3) is 0 Å². The van der Waals surface area contributed by atoms with Crippen molar-refractivity contribution in [2.45, 2.75) is 37.5 Å². The van der Waals surface area contributed by atoms with Gasteiger partial charge in [0.2, 0.25) is 10.0 Å². The quantitative estimate of drug-likeness (QED) is 0.902. The zero-order valence-electron chi connectivity index (χ0n) is 11.5. The predicted octanol–water partition coefficient (Wildman–Crippen LogP) is 1.20. The number of sulfonamides is 1. The van der Waals surface area contributed by atoms with E-state index in [-0.39, 0.29) is 10.7 Å². The third kappa shape index (κ3) is 2.92. The van der Waals surface area contributed by atoms with Gasteiger partial charge in [0.05, 0.1) is 0 Å². The molecule has 0 saturated carbocycles. The highest BCUT2D eigenvalue weighted by atomic mass is 32.2. The van der Waals surface area contributed by atoms with Crippen LogP contribution in [0.3, 0.4) is 0 Å². The molecule has 1 aromatic heterocycles. The van der Waals surface area contributed by atoms with Gasteiger partial charge in [-0.15, -0.1) is 0 Å². The van der Waals surface area contributed by atoms with E-state index in [0.717, 1.165) is 19.3 Å². The molecule has 2 heterocycles. The summed E-state index contributed by atoms with van der Waals surface area (Å²) in [5.74, 6) is 0.737. The summed E-state index contributed by atoms with van der Waals surface area (Å²) in [6, 6.07) is 0. The molecule has 0 bridgehead atoms. The Morgan fingerprint density at radius 2 is 2.05 bits per heavy atom. The summed E-state index contributed by atoms with van der Waals surface area (Å²) < 4.78 is 27.9. The normalized spacial score (nSPS) is 18.8. The predicted molar refractivity (Wildman–Crippen MR) is 74.0 cm³/mol. The van der Waals surface area contributed by atoms with Crippen molar-refractivity contribution in [2.24, 2.45) is 13.0 Å². The Bertz CT molecular complexity index is 530. The van der Waals surface area contributed by atoms with Crippen molar-refractivity contribution in [3.63, 3.8) is 0 Å². The molecule has 1 saturated heterocycles. The topological polar surface area (TPSA) is 81.2 Å². The van der Waals surface area contributed by atoms with Crippen LogP contribution < -0.4 is 5.73 Å². The van der Waals surface area contributed by atoms with Crippen molar-refractivity contribution in [2.75, 3.05) is 18.8 Å². The summed E-state index contributed by atoms with van der Waals surface area (Å²) in [7, 11) is -1.82. The molecule has 0 aromatic carbocycles. The van der Waals surface area contributed by atoms with Gasteiger partial charge in [0.1, 0.15) is 4.90 Å². The number of aryl methyl sites for hydroxylation is 1. The molecular formula is C12H22N4O2S. The lowest BCUT2D eigenvalue weighted by Gasteiger charge is -2.30. The summed E-state index contributed by atoms with van der Waals surface area (Å²) in [4.78, 5) is 0.129. The van der Waals surface area contributed by atoms with Gasteiger partial charge in [0, 0.05) is 26.3 Å². The lowest BCUT2D eigenvalue weighted by molar-refractivity contribution is 0.262. The van der Waals surface area contributed by atoms with E-state index in [0.29, 0.717) is 19.0 Å². The Balaban J connectivity index is 2.12. The Morgan fingerprint density at radius 1 is 1.42 bits per heavy atom. The van der Waals surface area contributed by atoms with E-state index in [1.165, 1.54) is 21.6 Å². The van der Waals surface area contributed by atoms with Gasteiger partial charge in [-0.3, -0.25) is 4.68 Å². The van der Waals surface area contributed by atoms with E-state index in [1.807, 2.05) is 0 Å². The van der Waals surface area contributed by atoms with Crippen molar-refractivity contribution >= 4 is 15.8 Å². The van der Waals surface area contributed by atoms with Gasteiger partial charge in [-0.2, -0.15) is 9.40 Å². The fourth-order valence-corrected chi connectivity index (χ4v) is 4.23. The maximum Gasteiger partial charge on any atom is 0.248 e. The smallest absolute Gasteiger partial charge is 0.248 e. The zero-order valence-corrected chi connectivity index (χ0v) is 12.4. The second kappa shape index (κ2) is 5.50. The van der Waals surface area contributed by atoms with Crippen LogP contribution in [-0.4, -0.2) is 35.6 Å². The summed E-state index contributed by atoms with van der Waals surface area (Å²) in [6.07, 6.45) is 5.69. The van der Waals surface area contributed by atoms with Crippen molar-refractivity contribution in [1.29, 1.82) is 0 Å². The number of hydrogen-bond donors (Lipinski definition) is 1. The van der Waals surface area contributed by atoms with Gasteiger partial charge in [-0.1, -0.05) is 19.8 Å². The van der Waals surface area contributed by atoms with Crippen LogP contribution in [0.2, 0.25) is 0 Å². The molecule has 7 heteroatoms. The minimum atomic E-state index is -3.49. The zero-order chi connectivity index (χ0) is 14.0. The van der Waals surface area contributed by atoms with Crippen LogP contribution in [0.5, 0.6) is 0 Å². The van der Waals surface area contributed by atoms with Gasteiger partial charge >= 0.3 is 0 Å². The molecule has 2 rings (SSSR count). The van der Waals surface area contributed by atoms with E-state index in [9.17, 15) is 8.42 Å². The Kier molecular flexibility index (Phi) is 4.15. The van der Waals surface area contributed by atoms with E-state index in [4.69, 9.17) is 5.73 Å². The van der Waals surface area contributed by atoms with E-state index < -0.39 is 10.0 Å². The minimum Gasteiger partial charge on any atom is -0.381 e. The van der Waals surface area contributed by atoms with Crippen molar-refractivity contribution in [3.05, 3.63) is 6.20 Å². The molecule has 1 aliphatic heterocycles. The minimum absolute atomic E-state index is 0.0816. The van der Waals surface area contributed by atoms with Crippen LogP contribution in [0.25, 0.3) is 0 Å². The van der Waals surface area contributed by atoms with Gasteiger partial charge in [0.15, 0.2) is 5.82 Å². The first-order valence-electron chi connectivity index (χ1n) is 6.74. The van der Waals surface area contributed by atoms with Crippen LogP contribution in [0.15, 0.2) is 11.1 Å². The standard InChI is InChI=1S/C12H22N4O2S/c1-3-4-10-5-7-16(8-6-10)19(17,18)11-9-15(2)14-12(11)13/h9-10H,3-8H2,1-2H3,(H2,13,14). The third-order valence-electron chi connectivity index (χ3n) is 3.71. The van der Waals surface area contributed by atoms with E-state index in [2.05, 4.69) is 12.0 Å². The molecule has 1 fully saturated rings. The lowest BCUT2D eigenvalue weighted by Crippen LogP contribution is -2.38. The Labute approximate surface area is 114 Å². The third-order valence-corrected chi connectivity index (χ3v) is 5.63. The van der Waals surface area contributed by atoms with Crippen LogP contribution in [-0.2, 0) is 17.1 Å². The first-order valence-corrected chi connectivity index (χ1v) is 8.18. The number of nitrogen functional groups attached to an aromatic ring is 1. The summed E-state index contributed by atoms with van der Waals surface area (Å²) in [6.45, 7) is 3.34. The number of rotatable bonds is 4.